The van der Waals surface area contributed by atoms with E-state index >= 15 is 0 Å². The number of aromatic nitrogens is 4. The van der Waals surface area contributed by atoms with Gasteiger partial charge in [0.1, 0.15) is 0 Å². The van der Waals surface area contributed by atoms with E-state index in [4.69, 9.17) is 0 Å². The van der Waals surface area contributed by atoms with Gasteiger partial charge in [0, 0.05) is 65.8 Å². The van der Waals surface area contributed by atoms with Crippen LogP contribution in [0.15, 0.2) is 194 Å². The van der Waals surface area contributed by atoms with Crippen molar-refractivity contribution >= 4 is 92.9 Å². The van der Waals surface area contributed by atoms with Gasteiger partial charge in [-0.3, -0.25) is 0 Å². The molecule has 12 aromatic rings. The second kappa shape index (κ2) is 12.0. The second-order valence-electron chi connectivity index (χ2n) is 15.6. The third kappa shape index (κ3) is 4.24. The van der Waals surface area contributed by atoms with Crippen LogP contribution in [-0.2, 0) is 0 Å². The van der Waals surface area contributed by atoms with Crippen LogP contribution in [0.4, 0.5) is 0 Å². The number of para-hydroxylation sites is 5. The molecule has 58 heavy (non-hydrogen) atoms. The molecule has 4 heterocycles. The first kappa shape index (κ1) is 31.6. The zero-order valence-electron chi connectivity index (χ0n) is 31.7. The number of hydrogen-bond acceptors (Lipinski definition) is 0. The summed E-state index contributed by atoms with van der Waals surface area (Å²) in [4.78, 5) is 0. The standard InChI is InChI=1S/C54H36N4/c1-3-16-35(17-4-1)57-45-26-11-7-22-39(45)41-30-32-49-51(53(41)57)43-24-9-13-28-47(43)55(49)37-20-15-21-38(34-37)56-48-29-14-10-25-44(48)52-50(56)33-31-42-40-23-8-12-27-46(40)58(54(42)52)36-18-5-2-6-19-36/h1-5,7-18,20-34H,6,19H2. The average molecular weight is 741 g/mol. The van der Waals surface area contributed by atoms with Crippen molar-refractivity contribution < 1.29 is 0 Å². The van der Waals surface area contributed by atoms with Gasteiger partial charge in [0.2, 0.25) is 0 Å². The fraction of sp³-hybridized carbons (Fsp3) is 0.0370. The third-order valence-electron chi connectivity index (χ3n) is 12.6. The van der Waals surface area contributed by atoms with E-state index in [1.807, 2.05) is 0 Å². The molecule has 0 aliphatic heterocycles. The monoisotopic (exact) mass is 740 g/mol. The molecule has 4 aromatic heterocycles. The van der Waals surface area contributed by atoms with Crippen LogP contribution < -0.4 is 0 Å². The predicted octanol–water partition coefficient (Wildman–Crippen LogP) is 14.3. The Morgan fingerprint density at radius 3 is 1.34 bits per heavy atom. The molecular weight excluding hydrogens is 705 g/mol. The SMILES string of the molecule is C1=CCCC(n2c3ccccc3c3ccc4c(c5ccccc5n4-c4cccc(-n5c6ccccc6c6c5ccc5c7ccccc7n(-c7ccccc7)c56)c4)c32)=C1. The number of rotatable bonds is 4. The molecule has 0 fully saturated rings. The summed E-state index contributed by atoms with van der Waals surface area (Å²) in [6.07, 6.45) is 8.85. The van der Waals surface area contributed by atoms with E-state index in [2.05, 4.69) is 212 Å². The molecule has 0 bridgehead atoms. The molecule has 13 rings (SSSR count). The van der Waals surface area contributed by atoms with Gasteiger partial charge in [0.05, 0.1) is 44.1 Å². The molecular formula is C54H36N4. The van der Waals surface area contributed by atoms with Gasteiger partial charge >= 0.3 is 0 Å². The molecule has 8 aromatic carbocycles. The minimum atomic E-state index is 1.01. The van der Waals surface area contributed by atoms with Gasteiger partial charge in [0.25, 0.3) is 0 Å². The lowest BCUT2D eigenvalue weighted by atomic mass is 10.1. The van der Waals surface area contributed by atoms with Crippen LogP contribution in [0.3, 0.4) is 0 Å². The number of hydrogen-bond donors (Lipinski definition) is 0. The topological polar surface area (TPSA) is 19.7 Å². The lowest BCUT2D eigenvalue weighted by Gasteiger charge is -2.15. The van der Waals surface area contributed by atoms with Gasteiger partial charge in [-0.05, 0) is 85.6 Å². The molecule has 0 spiro atoms. The highest BCUT2D eigenvalue weighted by Crippen LogP contribution is 2.45. The molecule has 4 nitrogen and oxygen atoms in total. The van der Waals surface area contributed by atoms with Crippen molar-refractivity contribution in [2.45, 2.75) is 12.8 Å². The number of allylic oxidation sites excluding steroid dienone is 4. The molecule has 0 unspecified atom stereocenters. The van der Waals surface area contributed by atoms with Crippen LogP contribution >= 0.6 is 0 Å². The van der Waals surface area contributed by atoms with E-state index in [-0.39, 0.29) is 0 Å². The number of fused-ring (bicyclic) bond motifs is 14. The number of benzene rings is 8. The van der Waals surface area contributed by atoms with Crippen LogP contribution in [0.1, 0.15) is 12.8 Å². The summed E-state index contributed by atoms with van der Waals surface area (Å²) in [5, 5.41) is 10.2. The van der Waals surface area contributed by atoms with Crippen molar-refractivity contribution in [2.75, 3.05) is 0 Å². The summed E-state index contributed by atoms with van der Waals surface area (Å²) in [7, 11) is 0. The molecule has 4 heteroatoms. The molecule has 0 amide bonds. The van der Waals surface area contributed by atoms with Gasteiger partial charge in [0.15, 0.2) is 0 Å². The Bertz CT molecular complexity index is 3730. The zero-order valence-corrected chi connectivity index (χ0v) is 31.7. The van der Waals surface area contributed by atoms with Crippen molar-refractivity contribution in [3.05, 3.63) is 194 Å². The molecule has 0 radical (unpaired) electrons. The normalized spacial score (nSPS) is 13.4. The molecule has 0 atom stereocenters. The first-order valence-electron chi connectivity index (χ1n) is 20.3. The van der Waals surface area contributed by atoms with E-state index in [0.29, 0.717) is 0 Å². The van der Waals surface area contributed by atoms with Gasteiger partial charge in [-0.15, -0.1) is 0 Å². The highest BCUT2D eigenvalue weighted by molar-refractivity contribution is 6.28. The zero-order chi connectivity index (χ0) is 37.9. The Kier molecular flexibility index (Phi) is 6.53. The molecule has 1 aliphatic carbocycles. The molecule has 0 saturated carbocycles. The summed E-state index contributed by atoms with van der Waals surface area (Å²) in [5.74, 6) is 0. The smallest absolute Gasteiger partial charge is 0.0641 e. The summed E-state index contributed by atoms with van der Waals surface area (Å²) < 4.78 is 9.94. The molecule has 272 valence electrons. The maximum Gasteiger partial charge on any atom is 0.0641 e. The summed E-state index contributed by atoms with van der Waals surface area (Å²) in [5.41, 5.74) is 14.6. The van der Waals surface area contributed by atoms with Gasteiger partial charge in [-0.2, -0.15) is 0 Å². The number of nitrogens with zero attached hydrogens (tertiary/aromatic N) is 4. The first-order valence-corrected chi connectivity index (χ1v) is 20.3. The summed E-state index contributed by atoms with van der Waals surface area (Å²) in [6.45, 7) is 0. The van der Waals surface area contributed by atoms with Crippen molar-refractivity contribution in [3.63, 3.8) is 0 Å². The average Bonchev–Trinajstić information content (AvgIpc) is 4.02. The maximum absolute atomic E-state index is 2.54. The molecule has 1 aliphatic rings. The van der Waals surface area contributed by atoms with E-state index in [1.165, 1.54) is 92.9 Å². The summed E-state index contributed by atoms with van der Waals surface area (Å²) >= 11 is 0. The van der Waals surface area contributed by atoms with Gasteiger partial charge < -0.3 is 18.3 Å². The third-order valence-corrected chi connectivity index (χ3v) is 12.6. The van der Waals surface area contributed by atoms with Crippen molar-refractivity contribution in [1.82, 2.24) is 18.3 Å². The highest BCUT2D eigenvalue weighted by Gasteiger charge is 2.24. The quantitative estimate of drug-likeness (QED) is 0.171. The Balaban J connectivity index is 1.10. The Hall–Kier alpha value is -7.56. The highest BCUT2D eigenvalue weighted by atomic mass is 15.0. The molecule has 0 N–H and O–H groups in total. The van der Waals surface area contributed by atoms with Gasteiger partial charge in [-0.1, -0.05) is 121 Å². The largest absolute Gasteiger partial charge is 0.312 e. The van der Waals surface area contributed by atoms with Crippen LogP contribution in [0, 0.1) is 0 Å². The van der Waals surface area contributed by atoms with Crippen molar-refractivity contribution in [1.29, 1.82) is 0 Å². The minimum Gasteiger partial charge on any atom is -0.312 e. The fourth-order valence-corrected chi connectivity index (χ4v) is 10.3. The van der Waals surface area contributed by atoms with E-state index in [0.717, 1.165) is 29.9 Å². The van der Waals surface area contributed by atoms with E-state index in [1.54, 1.807) is 0 Å². The second-order valence-corrected chi connectivity index (χ2v) is 15.6. The lowest BCUT2D eigenvalue weighted by Crippen LogP contribution is -2.00. The fourth-order valence-electron chi connectivity index (χ4n) is 10.3. The van der Waals surface area contributed by atoms with Crippen LogP contribution in [0.25, 0.3) is 110 Å². The maximum atomic E-state index is 2.54. The Morgan fingerprint density at radius 1 is 0.328 bits per heavy atom. The van der Waals surface area contributed by atoms with Crippen LogP contribution in [0.5, 0.6) is 0 Å². The van der Waals surface area contributed by atoms with E-state index < -0.39 is 0 Å². The van der Waals surface area contributed by atoms with Crippen LogP contribution in [0.2, 0.25) is 0 Å². The van der Waals surface area contributed by atoms with Crippen molar-refractivity contribution in [2.24, 2.45) is 0 Å². The van der Waals surface area contributed by atoms with Crippen LogP contribution in [-0.4, -0.2) is 18.3 Å². The Morgan fingerprint density at radius 2 is 0.793 bits per heavy atom. The van der Waals surface area contributed by atoms with Crippen molar-refractivity contribution in [3.8, 4) is 17.1 Å². The minimum absolute atomic E-state index is 1.01. The molecule has 0 saturated heterocycles. The van der Waals surface area contributed by atoms with Gasteiger partial charge in [-0.25, -0.2) is 0 Å². The Labute approximate surface area is 334 Å². The first-order chi connectivity index (χ1) is 28.8. The van der Waals surface area contributed by atoms with E-state index in [9.17, 15) is 0 Å². The predicted molar refractivity (Wildman–Crippen MR) is 245 cm³/mol. The summed E-state index contributed by atoms with van der Waals surface area (Å²) in [6, 6.07) is 64.8. The lowest BCUT2D eigenvalue weighted by molar-refractivity contribution is 0.980.